The lowest BCUT2D eigenvalue weighted by molar-refractivity contribution is 0.994. The number of aliphatic imine (C=N–C) groups is 3. The Labute approximate surface area is 226 Å². The van der Waals surface area contributed by atoms with Gasteiger partial charge in [0.1, 0.15) is 0 Å². The number of hydrogen-bond acceptors (Lipinski definition) is 3. The lowest BCUT2D eigenvalue weighted by Crippen LogP contribution is -2.06. The molecule has 0 unspecified atom stereocenters. The van der Waals surface area contributed by atoms with Crippen LogP contribution in [0, 0.1) is 0 Å². The Morgan fingerprint density at radius 1 is 0.868 bits per heavy atom. The molecule has 0 atom stereocenters. The molecule has 4 nitrogen and oxygen atoms in total. The average Bonchev–Trinajstić information content (AvgIpc) is 3.38. The van der Waals surface area contributed by atoms with Crippen molar-refractivity contribution in [2.75, 3.05) is 6.54 Å². The lowest BCUT2D eigenvalue weighted by Gasteiger charge is -2.08. The quantitative estimate of drug-likeness (QED) is 0.173. The number of pyridine rings is 1. The summed E-state index contributed by atoms with van der Waals surface area (Å²) in [5.74, 6) is 1.22. The molecule has 1 aliphatic rings. The third-order valence-electron chi connectivity index (χ3n) is 6.63. The van der Waals surface area contributed by atoms with Gasteiger partial charge in [0.15, 0.2) is 11.7 Å². The third-order valence-corrected chi connectivity index (χ3v) is 7.84. The molecule has 38 heavy (non-hydrogen) atoms. The summed E-state index contributed by atoms with van der Waals surface area (Å²) in [5, 5.41) is 2.32. The van der Waals surface area contributed by atoms with Crippen LogP contribution in [0.5, 0.6) is 0 Å². The molecule has 0 spiro atoms. The molecular weight excluding hydrogens is 484 g/mol. The number of fused-ring (bicyclic) bond motifs is 3. The summed E-state index contributed by atoms with van der Waals surface area (Å²) in [6, 6.07) is 27.0. The van der Waals surface area contributed by atoms with Crippen LogP contribution in [0.4, 0.5) is 0 Å². The van der Waals surface area contributed by atoms with Crippen LogP contribution in [0.1, 0.15) is 24.0 Å². The fourth-order valence-corrected chi connectivity index (χ4v) is 6.07. The highest BCUT2D eigenvalue weighted by Gasteiger charge is 2.16. The second-order valence-corrected chi connectivity index (χ2v) is 10.1. The number of nitrogens with zero attached hydrogens (tertiary/aromatic N) is 4. The van der Waals surface area contributed by atoms with Crippen molar-refractivity contribution in [3.63, 3.8) is 0 Å². The summed E-state index contributed by atoms with van der Waals surface area (Å²) in [6.07, 6.45) is 12.4. The minimum atomic E-state index is 0.570. The largest absolute Gasteiger partial charge is 0.265 e. The van der Waals surface area contributed by atoms with Gasteiger partial charge in [0.05, 0.1) is 6.54 Å². The molecule has 0 amide bonds. The first kappa shape index (κ1) is 23.9. The Bertz CT molecular complexity index is 1740. The maximum absolute atomic E-state index is 5.02. The van der Waals surface area contributed by atoms with Gasteiger partial charge in [-0.25, -0.2) is 9.98 Å². The van der Waals surface area contributed by atoms with Crippen molar-refractivity contribution in [3.8, 4) is 11.1 Å². The lowest BCUT2D eigenvalue weighted by atomic mass is 10.0. The molecule has 0 saturated heterocycles. The van der Waals surface area contributed by atoms with E-state index in [1.807, 2.05) is 42.7 Å². The van der Waals surface area contributed by atoms with Crippen molar-refractivity contribution in [2.24, 2.45) is 15.0 Å². The molecule has 2 heterocycles. The first-order valence-electron chi connectivity index (χ1n) is 12.7. The predicted octanol–water partition coefficient (Wildman–Crippen LogP) is 8.29. The summed E-state index contributed by atoms with van der Waals surface area (Å²) in [6.45, 7) is 4.49. The summed E-state index contributed by atoms with van der Waals surface area (Å²) < 4.78 is 2.42. The highest BCUT2D eigenvalue weighted by molar-refractivity contribution is 7.26. The highest BCUT2D eigenvalue weighted by atomic mass is 32.1. The average molecular weight is 511 g/mol. The van der Waals surface area contributed by atoms with Crippen LogP contribution < -0.4 is 0 Å². The van der Waals surface area contributed by atoms with E-state index in [4.69, 9.17) is 9.98 Å². The van der Waals surface area contributed by atoms with Crippen molar-refractivity contribution in [1.82, 2.24) is 4.98 Å². The zero-order valence-corrected chi connectivity index (χ0v) is 21.7. The SMILES string of the molecule is C=NC(=NC(=NCC1=CCCC=C1)c1ccccc1)c1cccc2sc3c(-c4ccncc4)cccc3c12. The maximum atomic E-state index is 5.02. The van der Waals surface area contributed by atoms with E-state index in [1.54, 1.807) is 11.3 Å². The summed E-state index contributed by atoms with van der Waals surface area (Å²) in [5.41, 5.74) is 5.47. The van der Waals surface area contributed by atoms with Gasteiger partial charge in [0, 0.05) is 43.7 Å². The molecule has 184 valence electrons. The molecule has 0 saturated carbocycles. The van der Waals surface area contributed by atoms with Crippen molar-refractivity contribution in [1.29, 1.82) is 0 Å². The number of rotatable bonds is 5. The molecule has 1 aliphatic carbocycles. The van der Waals surface area contributed by atoms with Crippen LogP contribution in [0.3, 0.4) is 0 Å². The van der Waals surface area contributed by atoms with Gasteiger partial charge < -0.3 is 0 Å². The second-order valence-electron chi connectivity index (χ2n) is 9.06. The number of thiophene rings is 1. The van der Waals surface area contributed by atoms with Crippen LogP contribution in [0.2, 0.25) is 0 Å². The monoisotopic (exact) mass is 510 g/mol. The van der Waals surface area contributed by atoms with E-state index in [0.29, 0.717) is 18.2 Å². The molecule has 3 aromatic carbocycles. The first-order chi connectivity index (χ1) is 18.8. The molecule has 0 radical (unpaired) electrons. The van der Waals surface area contributed by atoms with Gasteiger partial charge in [-0.1, -0.05) is 78.9 Å². The molecule has 5 heteroatoms. The molecule has 5 aromatic rings. The number of benzene rings is 3. The minimum absolute atomic E-state index is 0.570. The van der Waals surface area contributed by atoms with Crippen LogP contribution in [0.25, 0.3) is 31.3 Å². The highest BCUT2D eigenvalue weighted by Crippen LogP contribution is 2.41. The van der Waals surface area contributed by atoms with Gasteiger partial charge in [0.25, 0.3) is 0 Å². The van der Waals surface area contributed by atoms with E-state index in [2.05, 4.69) is 83.5 Å². The van der Waals surface area contributed by atoms with Gasteiger partial charge in [0.2, 0.25) is 0 Å². The van der Waals surface area contributed by atoms with E-state index in [1.165, 1.54) is 25.9 Å². The Morgan fingerprint density at radius 2 is 1.71 bits per heavy atom. The van der Waals surface area contributed by atoms with Crippen LogP contribution in [-0.2, 0) is 0 Å². The Hall–Kier alpha value is -4.48. The fraction of sp³-hybridized carbons (Fsp3) is 0.0909. The number of aromatic nitrogens is 1. The zero-order chi connectivity index (χ0) is 25.7. The van der Waals surface area contributed by atoms with Gasteiger partial charge in [-0.2, -0.15) is 0 Å². The molecule has 0 bridgehead atoms. The Kier molecular flexibility index (Phi) is 6.83. The van der Waals surface area contributed by atoms with Gasteiger partial charge in [-0.05, 0) is 54.5 Å². The standard InChI is InChI=1S/C33H26N4S/c1-34-33(37-32(25-12-6-3-7-13-25)36-22-23-10-4-2-5-11-23)28-16-9-17-29-30(28)27-15-8-14-26(31(27)38-29)24-18-20-35-21-19-24/h3-4,6-21H,1-2,5,22H2. The molecule has 0 aliphatic heterocycles. The Morgan fingerprint density at radius 3 is 2.50 bits per heavy atom. The summed E-state index contributed by atoms with van der Waals surface area (Å²) >= 11 is 1.79. The van der Waals surface area contributed by atoms with Crippen molar-refractivity contribution in [2.45, 2.75) is 12.8 Å². The molecule has 0 N–H and O–H groups in total. The zero-order valence-electron chi connectivity index (χ0n) is 20.9. The van der Waals surface area contributed by atoms with Crippen LogP contribution in [0.15, 0.2) is 130 Å². The normalized spacial score (nSPS) is 14.2. The second kappa shape index (κ2) is 10.9. The number of amidine groups is 2. The van der Waals surface area contributed by atoms with E-state index in [0.717, 1.165) is 34.9 Å². The Balaban J connectivity index is 1.50. The third kappa shape index (κ3) is 4.76. The van der Waals surface area contributed by atoms with Crippen molar-refractivity contribution in [3.05, 3.63) is 126 Å². The molecular formula is C33H26N4S. The first-order valence-corrected chi connectivity index (χ1v) is 13.5. The van der Waals surface area contributed by atoms with Crippen LogP contribution in [-0.4, -0.2) is 29.9 Å². The number of allylic oxidation sites excluding steroid dienone is 2. The van der Waals surface area contributed by atoms with E-state index < -0.39 is 0 Å². The van der Waals surface area contributed by atoms with Gasteiger partial charge in [-0.15, -0.1) is 11.3 Å². The van der Waals surface area contributed by atoms with Crippen LogP contribution >= 0.6 is 11.3 Å². The molecule has 0 fully saturated rings. The van der Waals surface area contributed by atoms with E-state index in [-0.39, 0.29) is 0 Å². The minimum Gasteiger partial charge on any atom is -0.265 e. The molecule has 2 aromatic heterocycles. The topological polar surface area (TPSA) is 50.0 Å². The van der Waals surface area contributed by atoms with E-state index >= 15 is 0 Å². The molecule has 6 rings (SSSR count). The maximum Gasteiger partial charge on any atom is 0.161 e. The van der Waals surface area contributed by atoms with Crippen molar-refractivity contribution < 1.29 is 0 Å². The fourth-order valence-electron chi connectivity index (χ4n) is 4.80. The van der Waals surface area contributed by atoms with Gasteiger partial charge in [-0.3, -0.25) is 9.98 Å². The summed E-state index contributed by atoms with van der Waals surface area (Å²) in [7, 11) is 0. The van der Waals surface area contributed by atoms with Gasteiger partial charge >= 0.3 is 0 Å². The van der Waals surface area contributed by atoms with Crippen molar-refractivity contribution >= 4 is 49.9 Å². The predicted molar refractivity (Wildman–Crippen MR) is 163 cm³/mol. The smallest absolute Gasteiger partial charge is 0.161 e. The van der Waals surface area contributed by atoms with E-state index in [9.17, 15) is 0 Å². The number of hydrogen-bond donors (Lipinski definition) is 0. The summed E-state index contributed by atoms with van der Waals surface area (Å²) in [4.78, 5) is 18.6.